The van der Waals surface area contributed by atoms with E-state index in [4.69, 9.17) is 29.6 Å². The summed E-state index contributed by atoms with van der Waals surface area (Å²) < 4.78 is 43.1. The van der Waals surface area contributed by atoms with Crippen molar-refractivity contribution in [3.63, 3.8) is 0 Å². The first-order valence-electron chi connectivity index (χ1n) is 12.3. The van der Waals surface area contributed by atoms with Crippen molar-refractivity contribution in [2.24, 2.45) is 4.74 Å². The van der Waals surface area contributed by atoms with Crippen LogP contribution in [0.2, 0.25) is 0 Å². The summed E-state index contributed by atoms with van der Waals surface area (Å²) in [5, 5.41) is 21.4. The van der Waals surface area contributed by atoms with Crippen molar-refractivity contribution < 1.29 is 43.0 Å². The van der Waals surface area contributed by atoms with Crippen LogP contribution in [0.5, 0.6) is 17.4 Å². The van der Waals surface area contributed by atoms with Crippen molar-refractivity contribution in [3.8, 4) is 17.4 Å². The number of carboxylic acids is 1. The van der Waals surface area contributed by atoms with Crippen LogP contribution in [0.4, 0.5) is 10.3 Å². The average molecular weight is 588 g/mol. The highest BCUT2D eigenvalue weighted by molar-refractivity contribution is 7.34. The van der Waals surface area contributed by atoms with Gasteiger partial charge in [-0.05, 0) is 25.3 Å². The molecule has 2 aromatic heterocycles. The van der Waals surface area contributed by atoms with Gasteiger partial charge in [-0.15, -0.1) is 0 Å². The molecule has 1 saturated heterocycles. The number of hydrogen-bond acceptors (Lipinski definition) is 12. The molecule has 4 aromatic rings. The molecule has 2 aromatic carbocycles. The largest absolute Gasteiger partial charge is 0.575 e. The fourth-order valence-corrected chi connectivity index (χ4v) is 5.24. The Kier molecular flexibility index (Phi) is 7.62. The van der Waals surface area contributed by atoms with Crippen LogP contribution in [0.25, 0.3) is 21.9 Å². The number of carboxylic acid groups (broad SMARTS) is 1. The van der Waals surface area contributed by atoms with Crippen LogP contribution in [0.1, 0.15) is 20.1 Å². The van der Waals surface area contributed by atoms with Gasteiger partial charge in [0.25, 0.3) is 0 Å². The molecule has 0 radical (unpaired) electrons. The van der Waals surface area contributed by atoms with Crippen LogP contribution in [0.15, 0.2) is 47.5 Å². The molecule has 1 fully saturated rings. The molecule has 0 spiro atoms. The van der Waals surface area contributed by atoms with Crippen molar-refractivity contribution in [3.05, 3.63) is 42.7 Å². The highest BCUT2D eigenvalue weighted by Crippen LogP contribution is 2.44. The minimum atomic E-state index is -2.79. The van der Waals surface area contributed by atoms with Gasteiger partial charge in [-0.2, -0.15) is 9.97 Å². The standard InChI is InChI=1S/C25H26FN6O8P/c1-12(22(33)34)31-41(36)40-18-14-7-5-4-6-13(14)8-9-15(18)38-10-16-19(26)25(2,35)23(39-16)32-11-28-17-20(32)29-24(27)30-21(17)37-3/h4-9,11-12,16,19,23,35H,10H2,1-3H3,(H,33,34)(H2,27,29,30)/t12?,16-,19+,23-,25-/m1/s1. The van der Waals surface area contributed by atoms with E-state index in [1.54, 1.807) is 30.3 Å². The lowest BCUT2D eigenvalue weighted by Crippen LogP contribution is -2.42. The number of carbonyl (C=O) groups is 1. The molecule has 0 amide bonds. The number of nitrogens with zero attached hydrogens (tertiary/aromatic N) is 5. The fourth-order valence-electron chi connectivity index (χ4n) is 4.47. The van der Waals surface area contributed by atoms with Crippen molar-refractivity contribution in [2.75, 3.05) is 19.5 Å². The number of methoxy groups -OCH3 is 1. The summed E-state index contributed by atoms with van der Waals surface area (Å²) in [7, 11) is -1.41. The molecule has 0 bridgehead atoms. The zero-order valence-corrected chi connectivity index (χ0v) is 22.9. The fraction of sp³-hybridized carbons (Fsp3) is 0.360. The third-order valence-electron chi connectivity index (χ3n) is 6.58. The highest BCUT2D eigenvalue weighted by atomic mass is 31.1. The van der Waals surface area contributed by atoms with Gasteiger partial charge in [0, 0.05) is 5.39 Å². The lowest BCUT2D eigenvalue weighted by Gasteiger charge is -2.26. The molecule has 3 heterocycles. The number of fused-ring (bicyclic) bond motifs is 2. The van der Waals surface area contributed by atoms with Gasteiger partial charge in [0.1, 0.15) is 18.3 Å². The summed E-state index contributed by atoms with van der Waals surface area (Å²) in [4.78, 5) is 36.0. The van der Waals surface area contributed by atoms with E-state index >= 15 is 4.39 Å². The van der Waals surface area contributed by atoms with Crippen molar-refractivity contribution in [1.82, 2.24) is 19.5 Å². The molecular weight excluding hydrogens is 562 g/mol. The normalized spacial score (nSPS) is 23.6. The second kappa shape index (κ2) is 11.0. The molecule has 1 aliphatic heterocycles. The summed E-state index contributed by atoms with van der Waals surface area (Å²) in [6.07, 6.45) is -3.14. The van der Waals surface area contributed by atoms with Crippen LogP contribution in [-0.2, 0) is 9.53 Å². The second-order valence-electron chi connectivity index (χ2n) is 9.45. The molecular formula is C25H26FN6O8P. The number of nitrogen functional groups attached to an aromatic ring is 1. The summed E-state index contributed by atoms with van der Waals surface area (Å²) in [6.45, 7) is 2.16. The molecule has 0 saturated carbocycles. The first kappa shape index (κ1) is 28.4. The molecule has 0 aliphatic carbocycles. The summed E-state index contributed by atoms with van der Waals surface area (Å²) in [5.41, 5.74) is 4.16. The number of aliphatic hydroxyl groups is 1. The first-order chi connectivity index (χ1) is 19.5. The van der Waals surface area contributed by atoms with Gasteiger partial charge < -0.3 is 35.1 Å². The quantitative estimate of drug-likeness (QED) is 0.242. The average Bonchev–Trinajstić information content (AvgIpc) is 3.45. The lowest BCUT2D eigenvalue weighted by atomic mass is 9.98. The molecule has 2 unspecified atom stereocenters. The summed E-state index contributed by atoms with van der Waals surface area (Å²) in [5.74, 6) is -1.16. The topological polar surface area (TPSA) is 199 Å². The van der Waals surface area contributed by atoms with Gasteiger partial charge in [0.2, 0.25) is 17.6 Å². The molecule has 1 aliphatic rings. The molecule has 14 nitrogen and oxygen atoms in total. The van der Waals surface area contributed by atoms with Crippen molar-refractivity contribution in [1.29, 1.82) is 0 Å². The number of halogens is 1. The smallest absolute Gasteiger partial charge is 0.395 e. The van der Waals surface area contributed by atoms with E-state index in [1.807, 2.05) is 0 Å². The van der Waals surface area contributed by atoms with Gasteiger partial charge in [-0.25, -0.2) is 14.2 Å². The highest BCUT2D eigenvalue weighted by Gasteiger charge is 2.55. The Morgan fingerprint density at radius 1 is 1.34 bits per heavy atom. The van der Waals surface area contributed by atoms with Crippen LogP contribution < -0.4 is 24.6 Å². The number of benzene rings is 2. The Morgan fingerprint density at radius 3 is 2.83 bits per heavy atom. The number of rotatable bonds is 9. The van der Waals surface area contributed by atoms with E-state index in [1.165, 1.54) is 37.9 Å². The van der Waals surface area contributed by atoms with Gasteiger partial charge >= 0.3 is 14.1 Å². The number of nitrogens with two attached hydrogens (primary N) is 1. The molecule has 6 atom stereocenters. The maximum Gasteiger partial charge on any atom is 0.395 e. The van der Waals surface area contributed by atoms with E-state index in [-0.39, 0.29) is 41.1 Å². The predicted octanol–water partition coefficient (Wildman–Crippen LogP) is 2.34. The third-order valence-corrected chi connectivity index (χ3v) is 7.46. The molecule has 16 heteroatoms. The van der Waals surface area contributed by atoms with E-state index in [2.05, 4.69) is 19.7 Å². The molecule has 5 rings (SSSR count). The van der Waals surface area contributed by atoms with E-state index < -0.39 is 44.3 Å². The Hall–Kier alpha value is -4.17. The zero-order valence-electron chi connectivity index (χ0n) is 22.0. The number of ether oxygens (including phenoxy) is 3. The van der Waals surface area contributed by atoms with E-state index in [0.717, 1.165) is 5.39 Å². The Bertz CT molecular complexity index is 1650. The van der Waals surface area contributed by atoms with E-state index in [9.17, 15) is 14.8 Å². The maximum absolute atomic E-state index is 15.6. The van der Waals surface area contributed by atoms with Crippen LogP contribution in [-0.4, -0.2) is 73.3 Å². The minimum Gasteiger partial charge on any atom is -0.575 e. The number of hydrogen-bond donors (Lipinski definition) is 3. The maximum atomic E-state index is 15.6. The summed E-state index contributed by atoms with van der Waals surface area (Å²) in [6, 6.07) is 8.99. The van der Waals surface area contributed by atoms with Crippen LogP contribution in [0, 0.1) is 0 Å². The van der Waals surface area contributed by atoms with Gasteiger partial charge in [0.05, 0.1) is 13.4 Å². The van der Waals surface area contributed by atoms with E-state index in [0.29, 0.717) is 5.39 Å². The third kappa shape index (κ3) is 5.32. The summed E-state index contributed by atoms with van der Waals surface area (Å²) >= 11 is 0. The molecule has 41 heavy (non-hydrogen) atoms. The number of anilines is 1. The SMILES string of the molecule is COc1nc(N)nc2c1ncn2[C@@H]1O[C@H](COc2ccc3ccccc3c2O[P+]([O-])=NC(C)C(=O)O)[C@H](F)[C@@]1(C)O. The number of alkyl halides is 1. The molecule has 4 N–H and O–H groups in total. The second-order valence-corrected chi connectivity index (χ2v) is 10.3. The predicted molar refractivity (Wildman–Crippen MR) is 142 cm³/mol. The number of aromatic nitrogens is 4. The van der Waals surface area contributed by atoms with Gasteiger partial charge in [-0.3, -0.25) is 9.09 Å². The Labute approximate surface area is 233 Å². The minimum absolute atomic E-state index is 0.0298. The number of aliphatic carboxylic acids is 1. The monoisotopic (exact) mass is 588 g/mol. The Balaban J connectivity index is 1.42. The van der Waals surface area contributed by atoms with Crippen molar-refractivity contribution in [2.45, 2.75) is 44.0 Å². The van der Waals surface area contributed by atoms with Crippen LogP contribution in [0.3, 0.4) is 0 Å². The zero-order chi connectivity index (χ0) is 29.5. The van der Waals surface area contributed by atoms with Gasteiger partial charge in [-0.1, -0.05) is 35.1 Å². The first-order valence-corrected chi connectivity index (χ1v) is 13.4. The Morgan fingerprint density at radius 2 is 2.10 bits per heavy atom. The van der Waals surface area contributed by atoms with Crippen LogP contribution >= 0.6 is 8.17 Å². The van der Waals surface area contributed by atoms with Gasteiger partial charge in [0.15, 0.2) is 35.4 Å². The molecule has 216 valence electrons. The lowest BCUT2D eigenvalue weighted by molar-refractivity contribution is -0.169. The number of imidazole rings is 1. The van der Waals surface area contributed by atoms with Crippen molar-refractivity contribution >= 4 is 42.0 Å².